The molecule has 150 valence electrons. The predicted octanol–water partition coefficient (Wildman–Crippen LogP) is 2.11. The highest BCUT2D eigenvalue weighted by Crippen LogP contribution is 2.19. The van der Waals surface area contributed by atoms with Gasteiger partial charge < -0.3 is 10.1 Å². The fraction of sp³-hybridized carbons (Fsp3) is 0.300. The first-order valence-electron chi connectivity index (χ1n) is 8.68. The van der Waals surface area contributed by atoms with Crippen molar-refractivity contribution >= 4 is 21.9 Å². The summed E-state index contributed by atoms with van der Waals surface area (Å²) >= 11 is 0. The summed E-state index contributed by atoms with van der Waals surface area (Å²) < 4.78 is 30.9. The largest absolute Gasteiger partial charge is 0.449 e. The van der Waals surface area contributed by atoms with Gasteiger partial charge in [0.25, 0.3) is 5.91 Å². The van der Waals surface area contributed by atoms with E-state index in [1.165, 1.54) is 39.2 Å². The molecule has 0 bridgehead atoms. The summed E-state index contributed by atoms with van der Waals surface area (Å²) in [6, 6.07) is 13.6. The summed E-state index contributed by atoms with van der Waals surface area (Å²) in [6.45, 7) is 3.45. The third-order valence-corrected chi connectivity index (χ3v) is 5.98. The van der Waals surface area contributed by atoms with Gasteiger partial charge in [-0.1, -0.05) is 36.4 Å². The number of nitrogens with zero attached hydrogens (tertiary/aromatic N) is 1. The highest BCUT2D eigenvalue weighted by atomic mass is 32.2. The predicted molar refractivity (Wildman–Crippen MR) is 105 cm³/mol. The topological polar surface area (TPSA) is 92.8 Å². The van der Waals surface area contributed by atoms with Crippen molar-refractivity contribution in [3.05, 3.63) is 65.2 Å². The molecule has 0 unspecified atom stereocenters. The van der Waals surface area contributed by atoms with E-state index in [0.717, 1.165) is 9.87 Å². The van der Waals surface area contributed by atoms with Gasteiger partial charge in [0.1, 0.15) is 0 Å². The van der Waals surface area contributed by atoms with Crippen LogP contribution in [-0.2, 0) is 26.1 Å². The second-order valence-corrected chi connectivity index (χ2v) is 8.67. The summed E-state index contributed by atoms with van der Waals surface area (Å²) in [7, 11) is -0.869. The lowest BCUT2D eigenvalue weighted by Crippen LogP contribution is -2.35. The number of carbonyl (C=O) groups excluding carboxylic acids is 2. The van der Waals surface area contributed by atoms with Crippen LogP contribution in [0.1, 0.15) is 28.4 Å². The molecule has 0 heterocycles. The summed E-state index contributed by atoms with van der Waals surface area (Å²) in [6.07, 6.45) is -1.02. The summed E-state index contributed by atoms with van der Waals surface area (Å²) in [5.41, 5.74) is 1.58. The van der Waals surface area contributed by atoms with Crippen LogP contribution in [0.15, 0.2) is 53.4 Å². The number of hydrogen-bond acceptors (Lipinski definition) is 5. The number of benzene rings is 2. The molecule has 0 aliphatic carbocycles. The number of aryl methyl sites for hydroxylation is 1. The summed E-state index contributed by atoms with van der Waals surface area (Å²) in [5.74, 6) is -1.19. The fourth-order valence-corrected chi connectivity index (χ4v) is 3.33. The maximum Gasteiger partial charge on any atom is 0.339 e. The minimum atomic E-state index is -3.69. The Labute approximate surface area is 165 Å². The van der Waals surface area contributed by atoms with Crippen LogP contribution in [0, 0.1) is 6.92 Å². The SMILES string of the molecule is Cc1ccc(S(=O)(=O)N(C)C)cc1C(=O)O[C@@H](C)C(=O)NCc1ccccc1. The molecule has 0 aromatic heterocycles. The Morgan fingerprint density at radius 3 is 2.36 bits per heavy atom. The first-order chi connectivity index (χ1) is 13.1. The zero-order chi connectivity index (χ0) is 20.9. The van der Waals surface area contributed by atoms with Gasteiger partial charge in [-0.3, -0.25) is 4.79 Å². The molecular formula is C20H24N2O5S. The van der Waals surface area contributed by atoms with Gasteiger partial charge in [0, 0.05) is 20.6 Å². The molecule has 1 amide bonds. The van der Waals surface area contributed by atoms with Crippen LogP contribution < -0.4 is 5.32 Å². The van der Waals surface area contributed by atoms with Gasteiger partial charge >= 0.3 is 5.97 Å². The van der Waals surface area contributed by atoms with Gasteiger partial charge in [-0.05, 0) is 37.1 Å². The van der Waals surface area contributed by atoms with Crippen LogP contribution in [0.4, 0.5) is 0 Å². The van der Waals surface area contributed by atoms with E-state index in [9.17, 15) is 18.0 Å². The van der Waals surface area contributed by atoms with Gasteiger partial charge in [-0.2, -0.15) is 0 Å². The van der Waals surface area contributed by atoms with Gasteiger partial charge in [0.05, 0.1) is 10.5 Å². The van der Waals surface area contributed by atoms with E-state index in [-0.39, 0.29) is 10.5 Å². The van der Waals surface area contributed by atoms with Crippen LogP contribution in [-0.4, -0.2) is 44.8 Å². The fourth-order valence-electron chi connectivity index (χ4n) is 2.40. The van der Waals surface area contributed by atoms with Crippen molar-refractivity contribution in [1.29, 1.82) is 0 Å². The number of rotatable bonds is 7. The van der Waals surface area contributed by atoms with Crippen molar-refractivity contribution < 1.29 is 22.7 Å². The van der Waals surface area contributed by atoms with Crippen molar-refractivity contribution in [2.75, 3.05) is 14.1 Å². The van der Waals surface area contributed by atoms with Crippen LogP contribution in [0.25, 0.3) is 0 Å². The van der Waals surface area contributed by atoms with Gasteiger partial charge in [-0.25, -0.2) is 17.5 Å². The minimum Gasteiger partial charge on any atom is -0.449 e. The van der Waals surface area contributed by atoms with Crippen LogP contribution in [0.2, 0.25) is 0 Å². The van der Waals surface area contributed by atoms with Gasteiger partial charge in [0.2, 0.25) is 10.0 Å². The van der Waals surface area contributed by atoms with E-state index >= 15 is 0 Å². The third-order valence-electron chi connectivity index (χ3n) is 4.17. The highest BCUT2D eigenvalue weighted by Gasteiger charge is 2.23. The molecule has 28 heavy (non-hydrogen) atoms. The number of nitrogens with one attached hydrogen (secondary N) is 1. The number of ether oxygens (including phenoxy) is 1. The highest BCUT2D eigenvalue weighted by molar-refractivity contribution is 7.89. The average Bonchev–Trinajstić information content (AvgIpc) is 2.66. The van der Waals surface area contributed by atoms with E-state index in [2.05, 4.69) is 5.32 Å². The molecule has 2 aromatic rings. The standard InChI is InChI=1S/C20H24N2O5S/c1-14-10-11-17(28(25,26)22(3)4)12-18(14)20(24)27-15(2)19(23)21-13-16-8-6-5-7-9-16/h5-12,15H,13H2,1-4H3,(H,21,23)/t15-/m0/s1. The van der Waals surface area contributed by atoms with Crippen molar-refractivity contribution in [2.45, 2.75) is 31.4 Å². The molecule has 0 aliphatic rings. The lowest BCUT2D eigenvalue weighted by atomic mass is 10.1. The van der Waals surface area contributed by atoms with Crippen molar-refractivity contribution in [3.8, 4) is 0 Å². The number of amides is 1. The molecule has 7 nitrogen and oxygen atoms in total. The average molecular weight is 404 g/mol. The maximum atomic E-state index is 12.5. The van der Waals surface area contributed by atoms with Crippen LogP contribution >= 0.6 is 0 Å². The molecule has 0 aliphatic heterocycles. The lowest BCUT2D eigenvalue weighted by molar-refractivity contribution is -0.129. The van der Waals surface area contributed by atoms with Crippen molar-refractivity contribution in [2.24, 2.45) is 0 Å². The Hall–Kier alpha value is -2.71. The molecular weight excluding hydrogens is 380 g/mol. The van der Waals surface area contributed by atoms with E-state index in [1.54, 1.807) is 6.92 Å². The number of esters is 1. The molecule has 1 N–H and O–H groups in total. The quantitative estimate of drug-likeness (QED) is 0.714. The van der Waals surface area contributed by atoms with E-state index < -0.39 is 28.0 Å². The van der Waals surface area contributed by atoms with Gasteiger partial charge in [0.15, 0.2) is 6.10 Å². The Morgan fingerprint density at radius 1 is 1.11 bits per heavy atom. The molecule has 0 saturated carbocycles. The Kier molecular flexibility index (Phi) is 6.93. The van der Waals surface area contributed by atoms with Gasteiger partial charge in [-0.15, -0.1) is 0 Å². The zero-order valence-electron chi connectivity index (χ0n) is 16.3. The summed E-state index contributed by atoms with van der Waals surface area (Å²) in [5, 5.41) is 2.70. The second-order valence-electron chi connectivity index (χ2n) is 6.52. The molecule has 0 radical (unpaired) electrons. The first kappa shape index (κ1) is 21.6. The Morgan fingerprint density at radius 2 is 1.75 bits per heavy atom. The molecule has 0 saturated heterocycles. The molecule has 0 fully saturated rings. The monoisotopic (exact) mass is 404 g/mol. The number of carbonyl (C=O) groups is 2. The number of hydrogen-bond donors (Lipinski definition) is 1. The minimum absolute atomic E-state index is 0.0174. The normalized spacial score (nSPS) is 12.5. The molecule has 0 spiro atoms. The number of sulfonamides is 1. The van der Waals surface area contributed by atoms with E-state index in [0.29, 0.717) is 12.1 Å². The van der Waals surface area contributed by atoms with E-state index in [4.69, 9.17) is 4.74 Å². The Bertz CT molecular complexity index is 956. The third kappa shape index (κ3) is 5.17. The maximum absolute atomic E-state index is 12.5. The summed E-state index contributed by atoms with van der Waals surface area (Å²) in [4.78, 5) is 24.7. The molecule has 1 atom stereocenters. The molecule has 2 rings (SSSR count). The van der Waals surface area contributed by atoms with Crippen molar-refractivity contribution in [1.82, 2.24) is 9.62 Å². The molecule has 2 aromatic carbocycles. The Balaban J connectivity index is 2.08. The zero-order valence-corrected chi connectivity index (χ0v) is 17.1. The smallest absolute Gasteiger partial charge is 0.339 e. The molecule has 8 heteroatoms. The lowest BCUT2D eigenvalue weighted by Gasteiger charge is -2.16. The second kappa shape index (κ2) is 8.99. The van der Waals surface area contributed by atoms with Crippen molar-refractivity contribution in [3.63, 3.8) is 0 Å². The van der Waals surface area contributed by atoms with Crippen LogP contribution in [0.5, 0.6) is 0 Å². The van der Waals surface area contributed by atoms with E-state index in [1.807, 2.05) is 30.3 Å². The van der Waals surface area contributed by atoms with Crippen LogP contribution in [0.3, 0.4) is 0 Å². The first-order valence-corrected chi connectivity index (χ1v) is 10.1.